The number of hydrogen-bond acceptors (Lipinski definition) is 6. The molecule has 1 atom stereocenters. The fraction of sp³-hybridized carbons (Fsp3) is 0.421. The molecule has 0 radical (unpaired) electrons. The summed E-state index contributed by atoms with van der Waals surface area (Å²) in [4.78, 5) is 11.9. The van der Waals surface area contributed by atoms with Gasteiger partial charge in [-0.15, -0.1) is 10.2 Å². The molecule has 27 heavy (non-hydrogen) atoms. The molecule has 138 valence electrons. The lowest BCUT2D eigenvalue weighted by Gasteiger charge is -2.40. The highest BCUT2D eigenvalue weighted by atomic mass is 16.5. The van der Waals surface area contributed by atoms with Crippen LogP contribution in [0.5, 0.6) is 0 Å². The lowest BCUT2D eigenvalue weighted by atomic mass is 10.0. The van der Waals surface area contributed by atoms with Crippen molar-refractivity contribution in [1.82, 2.24) is 24.7 Å². The molecule has 1 aliphatic carbocycles. The van der Waals surface area contributed by atoms with Crippen LogP contribution in [0.1, 0.15) is 50.9 Å². The highest BCUT2D eigenvalue weighted by Gasteiger charge is 2.38. The van der Waals surface area contributed by atoms with Gasteiger partial charge in [0.15, 0.2) is 29.9 Å². The largest absolute Gasteiger partial charge is 0.619 e. The molecule has 2 aliphatic rings. The molecule has 1 fully saturated rings. The molecular formula is C19H21N7O. The summed E-state index contributed by atoms with van der Waals surface area (Å²) in [6.45, 7) is 2.18. The van der Waals surface area contributed by atoms with E-state index in [1.54, 1.807) is 18.5 Å². The van der Waals surface area contributed by atoms with Gasteiger partial charge in [0.2, 0.25) is 0 Å². The first-order chi connectivity index (χ1) is 13.3. The highest BCUT2D eigenvalue weighted by Crippen LogP contribution is 2.42. The summed E-state index contributed by atoms with van der Waals surface area (Å²) in [5.74, 6) is 2.52. The summed E-state index contributed by atoms with van der Waals surface area (Å²) in [5.41, 5.74) is 1.75. The summed E-state index contributed by atoms with van der Waals surface area (Å²) in [6.07, 6.45) is 12.3. The van der Waals surface area contributed by atoms with Crippen LogP contribution in [0, 0.1) is 5.21 Å². The second kappa shape index (κ2) is 6.29. The number of nitrogens with zero attached hydrogens (tertiary/aromatic N) is 7. The second-order valence-electron chi connectivity index (χ2n) is 7.18. The van der Waals surface area contributed by atoms with Crippen LogP contribution in [-0.4, -0.2) is 30.8 Å². The quantitative estimate of drug-likeness (QED) is 0.525. The van der Waals surface area contributed by atoms with Crippen LogP contribution in [0.25, 0.3) is 17.1 Å². The predicted octanol–water partition coefficient (Wildman–Crippen LogP) is 2.57. The van der Waals surface area contributed by atoms with Crippen molar-refractivity contribution in [2.45, 2.75) is 51.1 Å². The number of rotatable bonds is 3. The molecule has 3 aromatic rings. The van der Waals surface area contributed by atoms with E-state index in [9.17, 15) is 5.21 Å². The Balaban J connectivity index is 1.67. The average molecular weight is 363 g/mol. The van der Waals surface area contributed by atoms with Gasteiger partial charge in [0.05, 0.1) is 12.2 Å². The van der Waals surface area contributed by atoms with E-state index >= 15 is 0 Å². The maximum absolute atomic E-state index is 11.4. The van der Waals surface area contributed by atoms with Crippen molar-refractivity contribution in [3.63, 3.8) is 0 Å². The van der Waals surface area contributed by atoms with Crippen molar-refractivity contribution in [1.29, 1.82) is 0 Å². The minimum absolute atomic E-state index is 0.158. The minimum Gasteiger partial charge on any atom is -0.619 e. The first-order valence-corrected chi connectivity index (χ1v) is 9.51. The van der Waals surface area contributed by atoms with Crippen molar-refractivity contribution in [3.05, 3.63) is 48.1 Å². The molecular weight excluding hydrogens is 342 g/mol. The molecule has 0 spiro atoms. The maximum Gasteiger partial charge on any atom is 0.181 e. The zero-order chi connectivity index (χ0) is 18.4. The van der Waals surface area contributed by atoms with Crippen LogP contribution in [0.2, 0.25) is 0 Å². The predicted molar refractivity (Wildman–Crippen MR) is 99.1 cm³/mol. The van der Waals surface area contributed by atoms with Crippen LogP contribution >= 0.6 is 0 Å². The maximum atomic E-state index is 11.4. The Hall–Kier alpha value is -3.03. The third kappa shape index (κ3) is 2.55. The Bertz CT molecular complexity index is 962. The molecule has 1 unspecified atom stereocenters. The van der Waals surface area contributed by atoms with Gasteiger partial charge >= 0.3 is 0 Å². The van der Waals surface area contributed by atoms with Crippen molar-refractivity contribution >= 4 is 5.82 Å². The molecule has 4 heterocycles. The normalized spacial score (nSPS) is 19.1. The molecule has 8 nitrogen and oxygen atoms in total. The van der Waals surface area contributed by atoms with Gasteiger partial charge in [-0.2, -0.15) is 4.73 Å². The van der Waals surface area contributed by atoms with Crippen LogP contribution in [0.4, 0.5) is 5.82 Å². The van der Waals surface area contributed by atoms with Crippen molar-refractivity contribution in [2.24, 2.45) is 0 Å². The Kier molecular flexibility index (Phi) is 3.77. The third-order valence-corrected chi connectivity index (χ3v) is 5.63. The number of aromatic nitrogens is 6. The van der Waals surface area contributed by atoms with E-state index in [4.69, 9.17) is 4.98 Å². The molecule has 0 N–H and O–H groups in total. The number of anilines is 1. The summed E-state index contributed by atoms with van der Waals surface area (Å²) < 4.78 is 2.78. The monoisotopic (exact) mass is 363 g/mol. The molecule has 0 saturated heterocycles. The zero-order valence-electron chi connectivity index (χ0n) is 15.2. The highest BCUT2D eigenvalue weighted by molar-refractivity contribution is 5.66. The van der Waals surface area contributed by atoms with E-state index in [0.717, 1.165) is 34.0 Å². The van der Waals surface area contributed by atoms with Gasteiger partial charge in [0.1, 0.15) is 12.0 Å². The number of hydrogen-bond donors (Lipinski definition) is 0. The van der Waals surface area contributed by atoms with Gasteiger partial charge in [-0.1, -0.05) is 19.8 Å². The molecule has 5 rings (SSSR count). The van der Waals surface area contributed by atoms with Crippen molar-refractivity contribution in [3.8, 4) is 17.1 Å². The van der Waals surface area contributed by atoms with Crippen LogP contribution in [-0.2, 0) is 0 Å². The minimum atomic E-state index is 0.158. The van der Waals surface area contributed by atoms with Gasteiger partial charge in [-0.05, 0) is 19.3 Å². The fourth-order valence-electron chi connectivity index (χ4n) is 4.35. The third-order valence-electron chi connectivity index (χ3n) is 5.63. The Morgan fingerprint density at radius 2 is 2.00 bits per heavy atom. The summed E-state index contributed by atoms with van der Waals surface area (Å²) >= 11 is 0. The summed E-state index contributed by atoms with van der Waals surface area (Å²) in [5, 5.41) is 19.9. The van der Waals surface area contributed by atoms with Gasteiger partial charge in [-0.3, -0.25) is 4.57 Å². The standard InChI is InChI=1S/C19H21N7O/c1-2-15-19-23-21-12-25(19)16-11-20-17(13-7-9-24(27)10-8-13)22-18(16)26(15)14-5-3-4-6-14/h7-12,14-15H,2-6H2,1H3. The van der Waals surface area contributed by atoms with Gasteiger partial charge < -0.3 is 10.1 Å². The molecule has 0 bridgehead atoms. The van der Waals surface area contributed by atoms with Crippen LogP contribution in [0.3, 0.4) is 0 Å². The Labute approximate surface area is 157 Å². The van der Waals surface area contributed by atoms with Gasteiger partial charge in [0.25, 0.3) is 0 Å². The van der Waals surface area contributed by atoms with Gasteiger partial charge in [0, 0.05) is 23.7 Å². The van der Waals surface area contributed by atoms with Crippen molar-refractivity contribution in [2.75, 3.05) is 4.90 Å². The van der Waals surface area contributed by atoms with E-state index in [1.165, 1.54) is 38.1 Å². The number of pyridine rings is 1. The van der Waals surface area contributed by atoms with E-state index in [-0.39, 0.29) is 6.04 Å². The Morgan fingerprint density at radius 1 is 1.22 bits per heavy atom. The molecule has 0 aromatic carbocycles. The SMILES string of the molecule is CCC1c2nncn2-c2cnc(-c3cc[n+]([O-])cc3)nc2N1C1CCCC1. The Morgan fingerprint density at radius 3 is 2.74 bits per heavy atom. The van der Waals surface area contributed by atoms with E-state index < -0.39 is 0 Å². The van der Waals surface area contributed by atoms with E-state index in [1.807, 2.05) is 10.8 Å². The van der Waals surface area contributed by atoms with Crippen molar-refractivity contribution < 1.29 is 4.73 Å². The van der Waals surface area contributed by atoms with Crippen LogP contribution in [0.15, 0.2) is 37.1 Å². The first-order valence-electron chi connectivity index (χ1n) is 9.51. The number of fused-ring (bicyclic) bond motifs is 3. The fourth-order valence-corrected chi connectivity index (χ4v) is 4.35. The molecule has 0 amide bonds. The lowest BCUT2D eigenvalue weighted by Crippen LogP contribution is -2.42. The summed E-state index contributed by atoms with van der Waals surface area (Å²) in [7, 11) is 0. The average Bonchev–Trinajstić information content (AvgIpc) is 3.39. The smallest absolute Gasteiger partial charge is 0.181 e. The second-order valence-corrected chi connectivity index (χ2v) is 7.18. The van der Waals surface area contributed by atoms with Crippen LogP contribution < -0.4 is 9.63 Å². The molecule has 1 aliphatic heterocycles. The summed E-state index contributed by atoms with van der Waals surface area (Å²) in [6, 6.07) is 4.12. The zero-order valence-corrected chi connectivity index (χ0v) is 15.2. The lowest BCUT2D eigenvalue weighted by molar-refractivity contribution is -0.605. The molecule has 3 aromatic heterocycles. The topological polar surface area (TPSA) is 86.7 Å². The van der Waals surface area contributed by atoms with Gasteiger partial charge in [-0.25, -0.2) is 9.97 Å². The molecule has 1 saturated carbocycles. The van der Waals surface area contributed by atoms with E-state index in [2.05, 4.69) is 27.0 Å². The van der Waals surface area contributed by atoms with E-state index in [0.29, 0.717) is 11.9 Å². The first kappa shape index (κ1) is 16.2. The molecule has 8 heteroatoms.